The maximum atomic E-state index is 10.9. The Kier molecular flexibility index (Phi) is 3.29. The fourth-order valence-corrected chi connectivity index (χ4v) is 2.81. The van der Waals surface area contributed by atoms with Crippen molar-refractivity contribution in [1.82, 2.24) is 0 Å². The van der Waals surface area contributed by atoms with Gasteiger partial charge in [0.05, 0.1) is 0 Å². The molecule has 1 aromatic heterocycles. The molecule has 1 heterocycles. The van der Waals surface area contributed by atoms with E-state index in [9.17, 15) is 4.79 Å². The van der Waals surface area contributed by atoms with Crippen molar-refractivity contribution in [2.45, 2.75) is 20.3 Å². The summed E-state index contributed by atoms with van der Waals surface area (Å²) in [7, 11) is 0. The summed E-state index contributed by atoms with van der Waals surface area (Å²) in [5.41, 5.74) is 3.41. The number of carbonyl (C=O) groups is 1. The minimum absolute atomic E-state index is 0.402. The molecule has 0 bridgehead atoms. The second-order valence-electron chi connectivity index (χ2n) is 3.98. The van der Waals surface area contributed by atoms with Crippen molar-refractivity contribution < 1.29 is 9.90 Å². The van der Waals surface area contributed by atoms with Gasteiger partial charge in [-0.25, -0.2) is 4.79 Å². The highest BCUT2D eigenvalue weighted by Crippen LogP contribution is 2.32. The molecule has 0 amide bonds. The van der Waals surface area contributed by atoms with Crippen LogP contribution in [0.4, 0.5) is 0 Å². The zero-order chi connectivity index (χ0) is 12.4. The van der Waals surface area contributed by atoms with E-state index in [1.54, 1.807) is 6.07 Å². The first-order valence-electron chi connectivity index (χ1n) is 5.55. The number of hydrogen-bond acceptors (Lipinski definition) is 2. The summed E-state index contributed by atoms with van der Waals surface area (Å²) in [4.78, 5) is 12.4. The molecule has 17 heavy (non-hydrogen) atoms. The van der Waals surface area contributed by atoms with E-state index in [-0.39, 0.29) is 0 Å². The maximum Gasteiger partial charge on any atom is 0.345 e. The Balaban J connectivity index is 2.48. The SMILES string of the molecule is CCc1cccc(-c2sc(C(=O)O)cc2C)c1. The third-order valence-electron chi connectivity index (χ3n) is 2.73. The number of rotatable bonds is 3. The summed E-state index contributed by atoms with van der Waals surface area (Å²) in [5.74, 6) is -0.851. The lowest BCUT2D eigenvalue weighted by Crippen LogP contribution is -1.89. The molecule has 0 radical (unpaired) electrons. The molecule has 0 atom stereocenters. The molecule has 1 aromatic carbocycles. The smallest absolute Gasteiger partial charge is 0.345 e. The lowest BCUT2D eigenvalue weighted by atomic mass is 10.1. The van der Waals surface area contributed by atoms with E-state index < -0.39 is 5.97 Å². The number of carboxylic acids is 1. The van der Waals surface area contributed by atoms with Gasteiger partial charge in [-0.1, -0.05) is 31.2 Å². The summed E-state index contributed by atoms with van der Waals surface area (Å²) in [5, 5.41) is 8.98. The maximum absolute atomic E-state index is 10.9. The summed E-state index contributed by atoms with van der Waals surface area (Å²) in [6, 6.07) is 10.0. The molecule has 2 rings (SSSR count). The summed E-state index contributed by atoms with van der Waals surface area (Å²) in [6.07, 6.45) is 0.990. The Labute approximate surface area is 105 Å². The fourth-order valence-electron chi connectivity index (χ4n) is 1.81. The van der Waals surface area contributed by atoms with Crippen LogP contribution in [0.2, 0.25) is 0 Å². The van der Waals surface area contributed by atoms with E-state index >= 15 is 0 Å². The zero-order valence-electron chi connectivity index (χ0n) is 9.86. The standard InChI is InChI=1S/C14H14O2S/c1-3-10-5-4-6-11(8-10)13-9(2)7-12(17-13)14(15)16/h4-8H,3H2,1-2H3,(H,15,16). The highest BCUT2D eigenvalue weighted by Gasteiger charge is 2.12. The van der Waals surface area contributed by atoms with Gasteiger partial charge in [0.25, 0.3) is 0 Å². The van der Waals surface area contributed by atoms with Gasteiger partial charge in [-0.05, 0) is 36.1 Å². The summed E-state index contributed by atoms with van der Waals surface area (Å²) >= 11 is 1.34. The molecule has 0 unspecified atom stereocenters. The number of hydrogen-bond donors (Lipinski definition) is 1. The van der Waals surface area contributed by atoms with Crippen LogP contribution in [0.15, 0.2) is 30.3 Å². The van der Waals surface area contributed by atoms with Crippen LogP contribution in [0.1, 0.15) is 27.7 Å². The largest absolute Gasteiger partial charge is 0.477 e. The van der Waals surface area contributed by atoms with Crippen molar-refractivity contribution in [3.05, 3.63) is 46.3 Å². The molecular weight excluding hydrogens is 232 g/mol. The highest BCUT2D eigenvalue weighted by atomic mass is 32.1. The van der Waals surface area contributed by atoms with Crippen molar-refractivity contribution in [2.24, 2.45) is 0 Å². The Morgan fingerprint density at radius 2 is 2.12 bits per heavy atom. The molecule has 88 valence electrons. The predicted molar refractivity (Wildman–Crippen MR) is 70.8 cm³/mol. The predicted octanol–water partition coefficient (Wildman–Crippen LogP) is 3.98. The molecule has 1 N–H and O–H groups in total. The third-order valence-corrected chi connectivity index (χ3v) is 4.00. The average Bonchev–Trinajstić information content (AvgIpc) is 2.72. The molecule has 0 aliphatic carbocycles. The molecule has 0 saturated carbocycles. The Morgan fingerprint density at radius 3 is 2.71 bits per heavy atom. The number of aryl methyl sites for hydroxylation is 2. The fraction of sp³-hybridized carbons (Fsp3) is 0.214. The number of thiophene rings is 1. The summed E-state index contributed by atoms with van der Waals surface area (Å²) in [6.45, 7) is 4.07. The van der Waals surface area contributed by atoms with Crippen LogP contribution < -0.4 is 0 Å². The van der Waals surface area contributed by atoms with E-state index in [1.165, 1.54) is 16.9 Å². The van der Waals surface area contributed by atoms with Crippen LogP contribution in [0.25, 0.3) is 10.4 Å². The van der Waals surface area contributed by atoms with E-state index in [0.29, 0.717) is 4.88 Å². The van der Waals surface area contributed by atoms with Gasteiger partial charge in [0.15, 0.2) is 0 Å². The van der Waals surface area contributed by atoms with Crippen LogP contribution in [0, 0.1) is 6.92 Å². The lowest BCUT2D eigenvalue weighted by Gasteiger charge is -2.02. The van der Waals surface area contributed by atoms with Crippen molar-refractivity contribution in [2.75, 3.05) is 0 Å². The van der Waals surface area contributed by atoms with E-state index in [4.69, 9.17) is 5.11 Å². The van der Waals surface area contributed by atoms with Gasteiger partial charge in [-0.15, -0.1) is 11.3 Å². The molecule has 2 aromatic rings. The number of aromatic carboxylic acids is 1. The van der Waals surface area contributed by atoms with Gasteiger partial charge in [0, 0.05) is 4.88 Å². The van der Waals surface area contributed by atoms with Crippen molar-refractivity contribution in [3.63, 3.8) is 0 Å². The van der Waals surface area contributed by atoms with Gasteiger partial charge >= 0.3 is 5.97 Å². The van der Waals surface area contributed by atoms with Gasteiger partial charge in [-0.2, -0.15) is 0 Å². The molecule has 0 saturated heterocycles. The quantitative estimate of drug-likeness (QED) is 0.889. The second-order valence-corrected chi connectivity index (χ2v) is 5.03. The topological polar surface area (TPSA) is 37.3 Å². The van der Waals surface area contributed by atoms with Gasteiger partial charge in [0.1, 0.15) is 4.88 Å². The first kappa shape index (κ1) is 11.9. The Bertz CT molecular complexity index is 555. The molecule has 0 aliphatic heterocycles. The van der Waals surface area contributed by atoms with Crippen molar-refractivity contribution >= 4 is 17.3 Å². The zero-order valence-corrected chi connectivity index (χ0v) is 10.7. The second kappa shape index (κ2) is 4.72. The van der Waals surface area contributed by atoms with Crippen LogP contribution in [0.3, 0.4) is 0 Å². The Morgan fingerprint density at radius 1 is 1.35 bits per heavy atom. The van der Waals surface area contributed by atoms with E-state index in [0.717, 1.165) is 22.4 Å². The van der Waals surface area contributed by atoms with Gasteiger partial charge in [-0.3, -0.25) is 0 Å². The van der Waals surface area contributed by atoms with Gasteiger partial charge < -0.3 is 5.11 Å². The van der Waals surface area contributed by atoms with E-state index in [1.807, 2.05) is 19.1 Å². The Hall–Kier alpha value is -1.61. The minimum Gasteiger partial charge on any atom is -0.477 e. The van der Waals surface area contributed by atoms with Crippen LogP contribution in [-0.4, -0.2) is 11.1 Å². The molecule has 2 nitrogen and oxygen atoms in total. The van der Waals surface area contributed by atoms with Crippen LogP contribution >= 0.6 is 11.3 Å². The molecule has 0 fully saturated rings. The van der Waals surface area contributed by atoms with Crippen molar-refractivity contribution in [3.8, 4) is 10.4 Å². The molecular formula is C14H14O2S. The van der Waals surface area contributed by atoms with Gasteiger partial charge in [0.2, 0.25) is 0 Å². The average molecular weight is 246 g/mol. The van der Waals surface area contributed by atoms with E-state index in [2.05, 4.69) is 19.1 Å². The van der Waals surface area contributed by atoms with Crippen molar-refractivity contribution in [1.29, 1.82) is 0 Å². The number of benzene rings is 1. The summed E-state index contributed by atoms with van der Waals surface area (Å²) < 4.78 is 0. The first-order valence-corrected chi connectivity index (χ1v) is 6.36. The molecule has 0 spiro atoms. The normalized spacial score (nSPS) is 10.5. The highest BCUT2D eigenvalue weighted by molar-refractivity contribution is 7.17. The molecule has 3 heteroatoms. The molecule has 0 aliphatic rings. The lowest BCUT2D eigenvalue weighted by molar-refractivity contribution is 0.0702. The third kappa shape index (κ3) is 2.39. The van der Waals surface area contributed by atoms with Crippen LogP contribution in [0.5, 0.6) is 0 Å². The van der Waals surface area contributed by atoms with Crippen LogP contribution in [-0.2, 0) is 6.42 Å². The first-order chi connectivity index (χ1) is 8.11. The number of carboxylic acid groups (broad SMARTS) is 1. The minimum atomic E-state index is -0.851. The monoisotopic (exact) mass is 246 g/mol.